The van der Waals surface area contributed by atoms with Gasteiger partial charge in [-0.25, -0.2) is 14.4 Å². The van der Waals surface area contributed by atoms with Gasteiger partial charge in [0.05, 0.1) is 0 Å². The number of amides is 2. The van der Waals surface area contributed by atoms with Gasteiger partial charge in [0.15, 0.2) is 5.96 Å². The number of rotatable bonds is 12. The molecule has 0 bridgehead atoms. The number of benzene rings is 2. The van der Waals surface area contributed by atoms with Crippen molar-refractivity contribution in [1.82, 2.24) is 10.6 Å². The molecule has 2 atom stereocenters. The van der Waals surface area contributed by atoms with Crippen molar-refractivity contribution in [3.05, 3.63) is 76.1 Å². The van der Waals surface area contributed by atoms with Crippen molar-refractivity contribution in [3.63, 3.8) is 0 Å². The smallest absolute Gasteiger partial charge is 0.408 e. The topological polar surface area (TPSA) is 225 Å². The summed E-state index contributed by atoms with van der Waals surface area (Å²) in [6.07, 6.45) is 0.0905. The maximum absolute atomic E-state index is 12.6. The Bertz CT molecular complexity index is 1450. The van der Waals surface area contributed by atoms with Crippen LogP contribution in [-0.2, 0) is 20.9 Å². The maximum Gasteiger partial charge on any atom is 0.408 e. The van der Waals surface area contributed by atoms with E-state index >= 15 is 0 Å². The number of alkyl carbamates (subject to hydrolysis) is 1. The van der Waals surface area contributed by atoms with Crippen LogP contribution < -0.4 is 33.5 Å². The number of guanidine groups is 1. The van der Waals surface area contributed by atoms with Crippen LogP contribution in [0.25, 0.3) is 11.0 Å². The third kappa shape index (κ3) is 12.5. The SMILES string of the molecule is CC(C)CC(NC(=O)OCc1ccccc1)C(=O)NC(CCCN=C(N)N)C(=O)O.Cc1cc(=O)oc2cc(N)ccc12. The number of carboxylic acids is 1. The highest BCUT2D eigenvalue weighted by molar-refractivity contribution is 5.89. The fourth-order valence-electron chi connectivity index (χ4n) is 3.98. The van der Waals surface area contributed by atoms with Gasteiger partial charge in [0, 0.05) is 29.8 Å². The number of anilines is 1. The second-order valence-electron chi connectivity index (χ2n) is 10.2. The molecule has 3 aromatic rings. The van der Waals surface area contributed by atoms with E-state index < -0.39 is 30.1 Å². The van der Waals surface area contributed by atoms with E-state index in [0.29, 0.717) is 24.1 Å². The molecule has 232 valence electrons. The summed E-state index contributed by atoms with van der Waals surface area (Å²) in [7, 11) is 0. The number of nitrogens with zero attached hydrogens (tertiary/aromatic N) is 1. The van der Waals surface area contributed by atoms with Crippen LogP contribution in [0, 0.1) is 12.8 Å². The largest absolute Gasteiger partial charge is 0.480 e. The van der Waals surface area contributed by atoms with Crippen LogP contribution in [0.2, 0.25) is 0 Å². The van der Waals surface area contributed by atoms with Gasteiger partial charge in [0.1, 0.15) is 24.3 Å². The minimum Gasteiger partial charge on any atom is -0.480 e. The summed E-state index contributed by atoms with van der Waals surface area (Å²) in [6, 6.07) is 13.8. The zero-order chi connectivity index (χ0) is 31.9. The van der Waals surface area contributed by atoms with E-state index in [1.54, 1.807) is 12.1 Å². The van der Waals surface area contributed by atoms with Crippen molar-refractivity contribution < 1.29 is 28.6 Å². The minimum absolute atomic E-state index is 0.0607. The van der Waals surface area contributed by atoms with Crippen molar-refractivity contribution in [1.29, 1.82) is 0 Å². The molecule has 2 aromatic carbocycles. The quantitative estimate of drug-likeness (QED) is 0.0589. The number of carboxylic acid groups (broad SMARTS) is 1. The second-order valence-corrected chi connectivity index (χ2v) is 10.2. The Hall–Kier alpha value is -5.07. The van der Waals surface area contributed by atoms with Crippen LogP contribution in [0.5, 0.6) is 0 Å². The lowest BCUT2D eigenvalue weighted by Gasteiger charge is -2.22. The first-order valence-corrected chi connectivity index (χ1v) is 13.7. The summed E-state index contributed by atoms with van der Waals surface area (Å²) < 4.78 is 10.1. The molecule has 0 saturated carbocycles. The lowest BCUT2D eigenvalue weighted by Crippen LogP contribution is -2.52. The van der Waals surface area contributed by atoms with E-state index in [0.717, 1.165) is 16.5 Å². The zero-order valence-corrected chi connectivity index (χ0v) is 24.5. The number of fused-ring (bicyclic) bond motifs is 1. The Morgan fingerprint density at radius 2 is 1.72 bits per heavy atom. The predicted octanol–water partition coefficient (Wildman–Crippen LogP) is 2.63. The Kier molecular flexibility index (Phi) is 13.5. The van der Waals surface area contributed by atoms with Gasteiger partial charge in [-0.15, -0.1) is 0 Å². The predicted molar refractivity (Wildman–Crippen MR) is 164 cm³/mol. The van der Waals surface area contributed by atoms with E-state index in [-0.39, 0.29) is 37.1 Å². The highest BCUT2D eigenvalue weighted by Gasteiger charge is 2.27. The molecular weight excluding hydrogens is 556 g/mol. The summed E-state index contributed by atoms with van der Waals surface area (Å²) in [4.78, 5) is 51.0. The van der Waals surface area contributed by atoms with E-state index in [1.807, 2.05) is 57.2 Å². The normalized spacial score (nSPS) is 11.9. The number of nitrogens with one attached hydrogen (secondary N) is 2. The average Bonchev–Trinajstić information content (AvgIpc) is 2.93. The molecule has 43 heavy (non-hydrogen) atoms. The molecule has 2 unspecified atom stereocenters. The lowest BCUT2D eigenvalue weighted by atomic mass is 10.0. The number of carbonyl (C=O) groups is 3. The van der Waals surface area contributed by atoms with Crippen molar-refractivity contribution >= 4 is 40.6 Å². The Morgan fingerprint density at radius 3 is 2.35 bits per heavy atom. The molecule has 13 heteroatoms. The number of nitrogen functional groups attached to an aromatic ring is 1. The fraction of sp³-hybridized carbons (Fsp3) is 0.367. The zero-order valence-electron chi connectivity index (χ0n) is 24.5. The number of hydrogen-bond acceptors (Lipinski definition) is 8. The molecule has 13 nitrogen and oxygen atoms in total. The second kappa shape index (κ2) is 17.0. The summed E-state index contributed by atoms with van der Waals surface area (Å²) in [5.41, 5.74) is 18.6. The molecule has 1 aromatic heterocycles. The van der Waals surface area contributed by atoms with Crippen molar-refractivity contribution in [3.8, 4) is 0 Å². The van der Waals surface area contributed by atoms with Crippen molar-refractivity contribution in [2.24, 2.45) is 22.4 Å². The van der Waals surface area contributed by atoms with Crippen LogP contribution in [0.1, 0.15) is 44.2 Å². The number of aliphatic imine (C=N–C) groups is 1. The summed E-state index contributed by atoms with van der Waals surface area (Å²) in [5, 5.41) is 15.3. The van der Waals surface area contributed by atoms with Gasteiger partial charge < -0.3 is 42.1 Å². The van der Waals surface area contributed by atoms with Gasteiger partial charge in [0.25, 0.3) is 0 Å². The molecule has 0 aliphatic heterocycles. The number of hydrogen-bond donors (Lipinski definition) is 6. The third-order valence-corrected chi connectivity index (χ3v) is 6.06. The van der Waals surface area contributed by atoms with Gasteiger partial charge >= 0.3 is 17.7 Å². The van der Waals surface area contributed by atoms with Gasteiger partial charge in [-0.05, 0) is 55.4 Å². The minimum atomic E-state index is -1.18. The molecular formula is C30H40N6O7. The monoisotopic (exact) mass is 596 g/mol. The Balaban J connectivity index is 0.000000407. The molecule has 0 spiro atoms. The van der Waals surface area contributed by atoms with Gasteiger partial charge in [-0.2, -0.15) is 0 Å². The number of aryl methyl sites for hydroxylation is 1. The van der Waals surface area contributed by atoms with Gasteiger partial charge in [0.2, 0.25) is 5.91 Å². The van der Waals surface area contributed by atoms with Gasteiger partial charge in [-0.1, -0.05) is 44.2 Å². The van der Waals surface area contributed by atoms with Crippen LogP contribution in [0.3, 0.4) is 0 Å². The maximum atomic E-state index is 12.6. The van der Waals surface area contributed by atoms with Crippen molar-refractivity contribution in [2.45, 2.75) is 58.7 Å². The highest BCUT2D eigenvalue weighted by Crippen LogP contribution is 2.18. The van der Waals surface area contributed by atoms with Crippen LogP contribution in [0.4, 0.5) is 10.5 Å². The molecule has 0 saturated heterocycles. The Morgan fingerprint density at radius 1 is 1.02 bits per heavy atom. The van der Waals surface area contributed by atoms with Crippen LogP contribution in [-0.4, -0.2) is 47.7 Å². The molecule has 2 amide bonds. The van der Waals surface area contributed by atoms with Crippen LogP contribution >= 0.6 is 0 Å². The molecule has 0 radical (unpaired) electrons. The lowest BCUT2D eigenvalue weighted by molar-refractivity contribution is -0.142. The standard InChI is InChI=1S/C20H31N5O5.C10H9NO2/c1-13(2)11-16(25-20(29)30-12-14-7-4-3-5-8-14)17(26)24-15(18(27)28)9-6-10-23-19(21)22;1-6-4-10(12)13-9-5-7(11)2-3-8(6)9/h3-5,7-8,13,15-16H,6,9-12H2,1-2H3,(H,24,26)(H,25,29)(H,27,28)(H4,21,22,23);2-5H,11H2,1H3. The van der Waals surface area contributed by atoms with Crippen molar-refractivity contribution in [2.75, 3.05) is 12.3 Å². The first-order chi connectivity index (χ1) is 20.3. The molecule has 0 aliphatic rings. The number of carbonyl (C=O) groups excluding carboxylic acids is 2. The van der Waals surface area contributed by atoms with E-state index in [2.05, 4.69) is 15.6 Å². The highest BCUT2D eigenvalue weighted by atomic mass is 16.5. The fourth-order valence-corrected chi connectivity index (χ4v) is 3.98. The summed E-state index contributed by atoms with van der Waals surface area (Å²) >= 11 is 0. The first-order valence-electron chi connectivity index (χ1n) is 13.7. The number of aliphatic carboxylic acids is 1. The van der Waals surface area contributed by atoms with Crippen LogP contribution in [0.15, 0.2) is 68.8 Å². The molecule has 0 fully saturated rings. The third-order valence-electron chi connectivity index (χ3n) is 6.06. The molecule has 9 N–H and O–H groups in total. The number of ether oxygens (including phenoxy) is 1. The molecule has 3 rings (SSSR count). The average molecular weight is 597 g/mol. The number of nitrogens with two attached hydrogens (primary N) is 3. The summed E-state index contributed by atoms with van der Waals surface area (Å²) in [5.74, 6) is -1.76. The van der Waals surface area contributed by atoms with E-state index in [1.165, 1.54) is 6.07 Å². The molecule has 1 heterocycles. The summed E-state index contributed by atoms with van der Waals surface area (Å²) in [6.45, 7) is 5.96. The van der Waals surface area contributed by atoms with E-state index in [9.17, 15) is 24.3 Å². The Labute approximate surface area is 249 Å². The first kappa shape index (κ1) is 34.1. The van der Waals surface area contributed by atoms with Gasteiger partial charge in [-0.3, -0.25) is 9.79 Å². The van der Waals surface area contributed by atoms with E-state index in [4.69, 9.17) is 26.4 Å². The molecule has 0 aliphatic carbocycles.